The molecule has 1 aliphatic rings. The number of nitrogens with zero attached hydrogens (tertiary/aromatic N) is 2. The highest BCUT2D eigenvalue weighted by Crippen LogP contribution is 2.17. The molecule has 0 bridgehead atoms. The third-order valence-electron chi connectivity index (χ3n) is 2.87. The molecule has 0 unspecified atom stereocenters. The maximum Gasteiger partial charge on any atom is 0.319 e. The van der Waals surface area contributed by atoms with Crippen LogP contribution in [0.2, 0.25) is 0 Å². The molecule has 1 rings (SSSR count). The fraction of sp³-hybridized carbons (Fsp3) is 0.818. The molecule has 5 heteroatoms. The van der Waals surface area contributed by atoms with E-state index in [1.54, 1.807) is 23.9 Å². The van der Waals surface area contributed by atoms with Crippen LogP contribution < -0.4 is 5.32 Å². The second-order valence-electron chi connectivity index (χ2n) is 4.33. The van der Waals surface area contributed by atoms with Gasteiger partial charge in [-0.15, -0.1) is 0 Å². The van der Waals surface area contributed by atoms with Crippen LogP contribution in [0.1, 0.15) is 19.8 Å². The maximum atomic E-state index is 11.7. The average Bonchev–Trinajstić information content (AvgIpc) is 2.28. The molecule has 1 N–H and O–H groups in total. The van der Waals surface area contributed by atoms with Crippen LogP contribution in [0, 0.1) is 5.92 Å². The first-order valence-corrected chi connectivity index (χ1v) is 5.80. The van der Waals surface area contributed by atoms with Crippen molar-refractivity contribution in [1.82, 2.24) is 15.1 Å². The number of carbonyl (C=O) groups excluding carboxylic acids is 2. The van der Waals surface area contributed by atoms with Crippen molar-refractivity contribution in [2.24, 2.45) is 5.92 Å². The van der Waals surface area contributed by atoms with Crippen LogP contribution in [0.15, 0.2) is 0 Å². The van der Waals surface area contributed by atoms with Crippen LogP contribution in [0.25, 0.3) is 0 Å². The number of urea groups is 1. The van der Waals surface area contributed by atoms with Gasteiger partial charge in [0.05, 0.1) is 0 Å². The smallest absolute Gasteiger partial charge is 0.319 e. The van der Waals surface area contributed by atoms with Gasteiger partial charge in [0.2, 0.25) is 5.91 Å². The Balaban J connectivity index is 2.39. The Bertz CT molecular complexity index is 258. The van der Waals surface area contributed by atoms with Crippen molar-refractivity contribution in [2.75, 3.05) is 33.7 Å². The summed E-state index contributed by atoms with van der Waals surface area (Å²) in [5, 5.41) is 2.83. The first-order valence-electron chi connectivity index (χ1n) is 5.80. The molecular weight excluding hydrogens is 206 g/mol. The Morgan fingerprint density at radius 3 is 2.31 bits per heavy atom. The van der Waals surface area contributed by atoms with E-state index in [0.717, 1.165) is 12.8 Å². The molecule has 1 fully saturated rings. The first-order chi connectivity index (χ1) is 7.56. The van der Waals surface area contributed by atoms with Crippen molar-refractivity contribution in [2.45, 2.75) is 19.8 Å². The fourth-order valence-corrected chi connectivity index (χ4v) is 1.93. The second-order valence-corrected chi connectivity index (χ2v) is 4.33. The van der Waals surface area contributed by atoms with Gasteiger partial charge in [-0.2, -0.15) is 0 Å². The van der Waals surface area contributed by atoms with E-state index in [1.807, 2.05) is 6.92 Å². The Kier molecular flexibility index (Phi) is 4.58. The summed E-state index contributed by atoms with van der Waals surface area (Å²) in [5.41, 5.74) is 0. The van der Waals surface area contributed by atoms with E-state index in [9.17, 15) is 9.59 Å². The molecule has 1 heterocycles. The van der Waals surface area contributed by atoms with Gasteiger partial charge in [0.25, 0.3) is 0 Å². The molecule has 5 nitrogen and oxygen atoms in total. The maximum absolute atomic E-state index is 11.7. The van der Waals surface area contributed by atoms with E-state index in [4.69, 9.17) is 0 Å². The summed E-state index contributed by atoms with van der Waals surface area (Å²) in [5.74, 6) is 0.200. The molecule has 0 aromatic heterocycles. The molecule has 92 valence electrons. The summed E-state index contributed by atoms with van der Waals surface area (Å²) >= 11 is 0. The van der Waals surface area contributed by atoms with Crippen LogP contribution in [0.3, 0.4) is 0 Å². The average molecular weight is 227 g/mol. The molecule has 0 spiro atoms. The highest BCUT2D eigenvalue weighted by Gasteiger charge is 2.27. The van der Waals surface area contributed by atoms with Crippen LogP contribution in [-0.2, 0) is 4.79 Å². The summed E-state index contributed by atoms with van der Waals surface area (Å²) in [6.45, 7) is 3.95. The SMILES string of the molecule is CCNC(=O)C1CCN(C(=O)N(C)C)CC1. The third kappa shape index (κ3) is 3.12. The van der Waals surface area contributed by atoms with E-state index in [2.05, 4.69) is 5.32 Å². The fourth-order valence-electron chi connectivity index (χ4n) is 1.93. The molecule has 0 radical (unpaired) electrons. The highest BCUT2D eigenvalue weighted by atomic mass is 16.2. The largest absolute Gasteiger partial charge is 0.356 e. The summed E-state index contributed by atoms with van der Waals surface area (Å²) in [6.07, 6.45) is 1.54. The lowest BCUT2D eigenvalue weighted by Gasteiger charge is -2.32. The predicted molar refractivity (Wildman–Crippen MR) is 62.1 cm³/mol. The number of hydrogen-bond donors (Lipinski definition) is 1. The topological polar surface area (TPSA) is 52.7 Å². The predicted octanol–water partition coefficient (Wildman–Crippen LogP) is 0.516. The lowest BCUT2D eigenvalue weighted by molar-refractivity contribution is -0.126. The van der Waals surface area contributed by atoms with Gasteiger partial charge in [0.1, 0.15) is 0 Å². The molecular formula is C11H21N3O2. The van der Waals surface area contributed by atoms with Crippen LogP contribution >= 0.6 is 0 Å². The van der Waals surface area contributed by atoms with Crippen LogP contribution in [0.5, 0.6) is 0 Å². The van der Waals surface area contributed by atoms with E-state index in [-0.39, 0.29) is 17.9 Å². The standard InChI is InChI=1S/C11H21N3O2/c1-4-12-10(15)9-5-7-14(8-6-9)11(16)13(2)3/h9H,4-8H2,1-3H3,(H,12,15). The van der Waals surface area contributed by atoms with Crippen molar-refractivity contribution in [3.8, 4) is 0 Å². The van der Waals surface area contributed by atoms with E-state index >= 15 is 0 Å². The molecule has 1 aliphatic heterocycles. The minimum atomic E-state index is 0.0364. The Hall–Kier alpha value is -1.26. The number of rotatable bonds is 2. The van der Waals surface area contributed by atoms with Gasteiger partial charge >= 0.3 is 6.03 Å². The molecule has 0 aliphatic carbocycles. The van der Waals surface area contributed by atoms with Gasteiger partial charge < -0.3 is 15.1 Å². The van der Waals surface area contributed by atoms with Gasteiger partial charge in [-0.05, 0) is 19.8 Å². The zero-order chi connectivity index (χ0) is 12.1. The number of likely N-dealkylation sites (tertiary alicyclic amines) is 1. The molecule has 16 heavy (non-hydrogen) atoms. The van der Waals surface area contributed by atoms with Crippen LogP contribution in [-0.4, -0.2) is 55.5 Å². The van der Waals surface area contributed by atoms with Crippen LogP contribution in [0.4, 0.5) is 4.79 Å². The molecule has 0 saturated carbocycles. The van der Waals surface area contributed by atoms with E-state index < -0.39 is 0 Å². The van der Waals surface area contributed by atoms with Gasteiger partial charge in [-0.3, -0.25) is 4.79 Å². The van der Waals surface area contributed by atoms with E-state index in [0.29, 0.717) is 19.6 Å². The van der Waals surface area contributed by atoms with Gasteiger partial charge in [0.15, 0.2) is 0 Å². The number of piperidine rings is 1. The minimum absolute atomic E-state index is 0.0364. The lowest BCUT2D eigenvalue weighted by atomic mass is 9.96. The molecule has 0 aromatic rings. The van der Waals surface area contributed by atoms with Gasteiger partial charge in [0, 0.05) is 39.6 Å². The molecule has 0 atom stereocenters. The Morgan fingerprint density at radius 2 is 1.88 bits per heavy atom. The quantitative estimate of drug-likeness (QED) is 0.747. The molecule has 0 aromatic carbocycles. The highest BCUT2D eigenvalue weighted by molar-refractivity contribution is 5.79. The molecule has 1 saturated heterocycles. The number of hydrogen-bond acceptors (Lipinski definition) is 2. The number of nitrogens with one attached hydrogen (secondary N) is 1. The normalized spacial score (nSPS) is 17.1. The monoisotopic (exact) mass is 227 g/mol. The third-order valence-corrected chi connectivity index (χ3v) is 2.87. The first kappa shape index (κ1) is 12.8. The molecule has 3 amide bonds. The zero-order valence-electron chi connectivity index (χ0n) is 10.3. The van der Waals surface area contributed by atoms with Gasteiger partial charge in [-0.25, -0.2) is 4.79 Å². The van der Waals surface area contributed by atoms with Crippen molar-refractivity contribution in [3.63, 3.8) is 0 Å². The van der Waals surface area contributed by atoms with Crippen molar-refractivity contribution < 1.29 is 9.59 Å². The Morgan fingerprint density at radius 1 is 1.31 bits per heavy atom. The van der Waals surface area contributed by atoms with E-state index in [1.165, 1.54) is 0 Å². The lowest BCUT2D eigenvalue weighted by Crippen LogP contribution is -2.46. The van der Waals surface area contributed by atoms with Gasteiger partial charge in [-0.1, -0.05) is 0 Å². The summed E-state index contributed by atoms with van der Waals surface area (Å²) in [4.78, 5) is 26.6. The van der Waals surface area contributed by atoms with Crippen molar-refractivity contribution in [1.29, 1.82) is 0 Å². The second kappa shape index (κ2) is 5.72. The number of carbonyl (C=O) groups is 2. The summed E-state index contributed by atoms with van der Waals surface area (Å²) in [7, 11) is 3.50. The Labute approximate surface area is 96.8 Å². The summed E-state index contributed by atoms with van der Waals surface area (Å²) < 4.78 is 0. The zero-order valence-corrected chi connectivity index (χ0v) is 10.3. The van der Waals surface area contributed by atoms with Crippen molar-refractivity contribution >= 4 is 11.9 Å². The minimum Gasteiger partial charge on any atom is -0.356 e. The number of amides is 3. The van der Waals surface area contributed by atoms with Crippen molar-refractivity contribution in [3.05, 3.63) is 0 Å². The summed E-state index contributed by atoms with van der Waals surface area (Å²) in [6, 6.07) is 0.0364.